The summed E-state index contributed by atoms with van der Waals surface area (Å²) < 4.78 is 23.6. The smallest absolute Gasteiger partial charge is 0.248 e. The largest absolute Gasteiger partial charge is 0.366 e. The zero-order chi connectivity index (χ0) is 17.9. The van der Waals surface area contributed by atoms with Gasteiger partial charge in [-0.25, -0.2) is 8.42 Å². The molecule has 0 unspecified atom stereocenters. The number of carbonyl (C=O) groups excluding carboxylic acids is 2. The zero-order valence-corrected chi connectivity index (χ0v) is 14.0. The molecule has 126 valence electrons. The molecule has 7 heteroatoms. The third kappa shape index (κ3) is 3.80. The number of primary amides is 2. The van der Waals surface area contributed by atoms with E-state index in [2.05, 4.69) is 0 Å². The first kappa shape index (κ1) is 17.7. The lowest BCUT2D eigenvalue weighted by molar-refractivity contribution is 0.0987. The Morgan fingerprint density at radius 2 is 1.58 bits per heavy atom. The average Bonchev–Trinajstić information content (AvgIpc) is 2.55. The molecular weight excluding hydrogens is 328 g/mol. The third-order valence-electron chi connectivity index (χ3n) is 3.71. The molecule has 4 N–H and O–H groups in total. The number of nitrogens with two attached hydrogens (primary N) is 2. The SMILES string of the molecule is CCS(=O)(=O)c1ccc(Cc2cc(C(N)=O)ccc2C(N)=O)cc1. The maximum Gasteiger partial charge on any atom is 0.248 e. The summed E-state index contributed by atoms with van der Waals surface area (Å²) in [6.45, 7) is 1.58. The summed E-state index contributed by atoms with van der Waals surface area (Å²) in [4.78, 5) is 23.1. The van der Waals surface area contributed by atoms with Crippen molar-refractivity contribution in [3.63, 3.8) is 0 Å². The number of hydrogen-bond donors (Lipinski definition) is 2. The van der Waals surface area contributed by atoms with Gasteiger partial charge in [-0.05, 0) is 47.9 Å². The van der Waals surface area contributed by atoms with Crippen LogP contribution in [0.25, 0.3) is 0 Å². The maximum atomic E-state index is 11.8. The molecule has 0 atom stereocenters. The van der Waals surface area contributed by atoms with Gasteiger partial charge >= 0.3 is 0 Å². The summed E-state index contributed by atoms with van der Waals surface area (Å²) in [5.41, 5.74) is 12.5. The highest BCUT2D eigenvalue weighted by atomic mass is 32.2. The predicted molar refractivity (Wildman–Crippen MR) is 90.5 cm³/mol. The second-order valence-electron chi connectivity index (χ2n) is 5.32. The Kier molecular flexibility index (Phi) is 5.04. The van der Waals surface area contributed by atoms with Gasteiger partial charge in [-0.2, -0.15) is 0 Å². The molecule has 2 amide bonds. The van der Waals surface area contributed by atoms with E-state index >= 15 is 0 Å². The molecule has 0 saturated carbocycles. The topological polar surface area (TPSA) is 120 Å². The summed E-state index contributed by atoms with van der Waals surface area (Å²) in [7, 11) is -3.26. The van der Waals surface area contributed by atoms with Crippen LogP contribution in [0.4, 0.5) is 0 Å². The summed E-state index contributed by atoms with van der Waals surface area (Å²) in [5.74, 6) is -1.18. The molecular formula is C17H18N2O4S. The first-order chi connectivity index (χ1) is 11.2. The van der Waals surface area contributed by atoms with E-state index in [1.54, 1.807) is 19.1 Å². The number of hydrogen-bond acceptors (Lipinski definition) is 4. The summed E-state index contributed by atoms with van der Waals surface area (Å²) >= 11 is 0. The molecule has 24 heavy (non-hydrogen) atoms. The predicted octanol–water partition coefficient (Wildman–Crippen LogP) is 1.27. The highest BCUT2D eigenvalue weighted by Gasteiger charge is 2.14. The quantitative estimate of drug-likeness (QED) is 0.818. The number of amides is 2. The van der Waals surface area contributed by atoms with Crippen LogP contribution < -0.4 is 11.5 Å². The highest BCUT2D eigenvalue weighted by Crippen LogP contribution is 2.19. The van der Waals surface area contributed by atoms with Crippen molar-refractivity contribution < 1.29 is 18.0 Å². The van der Waals surface area contributed by atoms with Crippen molar-refractivity contribution >= 4 is 21.7 Å². The minimum atomic E-state index is -3.26. The minimum Gasteiger partial charge on any atom is -0.366 e. The van der Waals surface area contributed by atoms with Crippen LogP contribution in [0, 0.1) is 0 Å². The molecule has 0 aliphatic heterocycles. The van der Waals surface area contributed by atoms with Crippen LogP contribution in [0.1, 0.15) is 38.8 Å². The average molecular weight is 346 g/mol. The molecule has 0 aliphatic carbocycles. The van der Waals surface area contributed by atoms with Crippen molar-refractivity contribution in [2.45, 2.75) is 18.2 Å². The van der Waals surface area contributed by atoms with Crippen molar-refractivity contribution in [3.05, 3.63) is 64.7 Å². The molecule has 2 aromatic carbocycles. The fourth-order valence-corrected chi connectivity index (χ4v) is 3.22. The summed E-state index contributed by atoms with van der Waals surface area (Å²) in [5, 5.41) is 0. The molecule has 0 saturated heterocycles. The first-order valence-electron chi connectivity index (χ1n) is 7.29. The number of rotatable bonds is 6. The van der Waals surface area contributed by atoms with Crippen molar-refractivity contribution in [2.24, 2.45) is 11.5 Å². The van der Waals surface area contributed by atoms with Crippen LogP contribution in [0.2, 0.25) is 0 Å². The van der Waals surface area contributed by atoms with Gasteiger partial charge in [0.1, 0.15) is 0 Å². The maximum absolute atomic E-state index is 11.8. The van der Waals surface area contributed by atoms with Gasteiger partial charge in [0.15, 0.2) is 9.84 Å². The van der Waals surface area contributed by atoms with Gasteiger partial charge < -0.3 is 11.5 Å². The van der Waals surface area contributed by atoms with E-state index in [4.69, 9.17) is 11.5 Å². The van der Waals surface area contributed by atoms with E-state index in [1.807, 2.05) is 0 Å². The van der Waals surface area contributed by atoms with Crippen molar-refractivity contribution in [2.75, 3.05) is 5.75 Å². The van der Waals surface area contributed by atoms with Crippen LogP contribution in [0.5, 0.6) is 0 Å². The van der Waals surface area contributed by atoms with Crippen LogP contribution >= 0.6 is 0 Å². The van der Waals surface area contributed by atoms with Gasteiger partial charge in [-0.15, -0.1) is 0 Å². The molecule has 0 radical (unpaired) electrons. The summed E-state index contributed by atoms with van der Waals surface area (Å²) in [6, 6.07) is 10.8. The van der Waals surface area contributed by atoms with E-state index < -0.39 is 21.7 Å². The molecule has 0 fully saturated rings. The molecule has 2 rings (SSSR count). The van der Waals surface area contributed by atoms with E-state index in [0.29, 0.717) is 17.5 Å². The van der Waals surface area contributed by atoms with Crippen molar-refractivity contribution in [1.29, 1.82) is 0 Å². The standard InChI is InChI=1S/C17H18N2O4S/c1-2-24(22,23)14-6-3-11(4-7-14)9-13-10-12(16(18)20)5-8-15(13)17(19)21/h3-8,10H,2,9H2,1H3,(H2,18,20)(H2,19,21). The van der Waals surface area contributed by atoms with Crippen LogP contribution in [0.15, 0.2) is 47.4 Å². The Hall–Kier alpha value is -2.67. The van der Waals surface area contributed by atoms with Gasteiger partial charge in [0.2, 0.25) is 11.8 Å². The molecule has 0 bridgehead atoms. The van der Waals surface area contributed by atoms with E-state index in [1.165, 1.54) is 30.3 Å². The second-order valence-corrected chi connectivity index (χ2v) is 7.60. The Balaban J connectivity index is 2.38. The molecule has 0 spiro atoms. The number of carbonyl (C=O) groups is 2. The Labute approximate surface area is 140 Å². The number of sulfone groups is 1. The van der Waals surface area contributed by atoms with Crippen LogP contribution in [0.3, 0.4) is 0 Å². The second kappa shape index (κ2) is 6.84. The molecule has 0 heterocycles. The Morgan fingerprint density at radius 3 is 2.08 bits per heavy atom. The first-order valence-corrected chi connectivity index (χ1v) is 8.94. The molecule has 2 aromatic rings. The third-order valence-corrected chi connectivity index (χ3v) is 5.46. The zero-order valence-electron chi connectivity index (χ0n) is 13.2. The van der Waals surface area contributed by atoms with Gasteiger partial charge in [-0.3, -0.25) is 9.59 Å². The van der Waals surface area contributed by atoms with Crippen LogP contribution in [-0.2, 0) is 16.3 Å². The van der Waals surface area contributed by atoms with Gasteiger partial charge in [0, 0.05) is 11.1 Å². The minimum absolute atomic E-state index is 0.0266. The fraction of sp³-hybridized carbons (Fsp3) is 0.176. The molecule has 0 aliphatic rings. The Morgan fingerprint density at radius 1 is 0.958 bits per heavy atom. The lowest BCUT2D eigenvalue weighted by Crippen LogP contribution is -2.17. The van der Waals surface area contributed by atoms with Crippen LogP contribution in [-0.4, -0.2) is 26.0 Å². The monoisotopic (exact) mass is 346 g/mol. The Bertz CT molecular complexity index is 887. The molecule has 6 nitrogen and oxygen atoms in total. The lowest BCUT2D eigenvalue weighted by atomic mass is 9.97. The highest BCUT2D eigenvalue weighted by molar-refractivity contribution is 7.91. The van der Waals surface area contributed by atoms with Gasteiger partial charge in [0.25, 0.3) is 0 Å². The summed E-state index contributed by atoms with van der Waals surface area (Å²) in [6.07, 6.45) is 0.325. The van der Waals surface area contributed by atoms with E-state index in [0.717, 1.165) is 5.56 Å². The van der Waals surface area contributed by atoms with E-state index in [-0.39, 0.29) is 16.2 Å². The lowest BCUT2D eigenvalue weighted by Gasteiger charge is -2.09. The van der Waals surface area contributed by atoms with Crippen molar-refractivity contribution in [1.82, 2.24) is 0 Å². The van der Waals surface area contributed by atoms with Crippen molar-refractivity contribution in [3.8, 4) is 0 Å². The molecule has 0 aromatic heterocycles. The number of benzene rings is 2. The normalized spacial score (nSPS) is 11.2. The van der Waals surface area contributed by atoms with Gasteiger partial charge in [0.05, 0.1) is 10.6 Å². The van der Waals surface area contributed by atoms with Gasteiger partial charge in [-0.1, -0.05) is 19.1 Å². The van der Waals surface area contributed by atoms with E-state index in [9.17, 15) is 18.0 Å². The fourth-order valence-electron chi connectivity index (χ4n) is 2.33.